The Kier molecular flexibility index (Phi) is 5.48. The highest BCUT2D eigenvalue weighted by Gasteiger charge is 2.16. The van der Waals surface area contributed by atoms with Gasteiger partial charge in [-0.1, -0.05) is 17.7 Å². The van der Waals surface area contributed by atoms with Gasteiger partial charge >= 0.3 is 11.8 Å². The van der Waals surface area contributed by atoms with E-state index in [9.17, 15) is 19.1 Å². The number of nitrogens with one attached hydrogen (secondary N) is 2. The van der Waals surface area contributed by atoms with Gasteiger partial charge < -0.3 is 15.7 Å². The predicted octanol–water partition coefficient (Wildman–Crippen LogP) is 2.33. The van der Waals surface area contributed by atoms with Gasteiger partial charge in [0.2, 0.25) is 0 Å². The van der Waals surface area contributed by atoms with Crippen molar-refractivity contribution in [1.29, 1.82) is 0 Å². The number of anilines is 1. The molecule has 0 saturated carbocycles. The lowest BCUT2D eigenvalue weighted by Crippen LogP contribution is -2.37. The summed E-state index contributed by atoms with van der Waals surface area (Å²) in [6.45, 7) is -0.225. The lowest BCUT2D eigenvalue weighted by Gasteiger charge is -2.12. The van der Waals surface area contributed by atoms with Crippen LogP contribution in [0.25, 0.3) is 0 Å². The van der Waals surface area contributed by atoms with E-state index in [1.165, 1.54) is 23.5 Å². The molecule has 2 aromatic rings. The van der Waals surface area contributed by atoms with Crippen molar-refractivity contribution in [3.8, 4) is 0 Å². The van der Waals surface area contributed by atoms with Gasteiger partial charge in [-0.3, -0.25) is 9.59 Å². The van der Waals surface area contributed by atoms with E-state index in [4.69, 9.17) is 11.6 Å². The molecule has 2 amide bonds. The van der Waals surface area contributed by atoms with Crippen molar-refractivity contribution < 1.29 is 19.1 Å². The van der Waals surface area contributed by atoms with E-state index in [2.05, 4.69) is 10.6 Å². The smallest absolute Gasteiger partial charge is 0.313 e. The summed E-state index contributed by atoms with van der Waals surface area (Å²) in [4.78, 5) is 23.2. The first kappa shape index (κ1) is 16.4. The average molecular weight is 343 g/mol. The molecule has 1 heterocycles. The Bertz CT molecular complexity index is 679. The molecule has 3 N–H and O–H groups in total. The molecule has 1 aromatic heterocycles. The Labute approximate surface area is 134 Å². The summed E-state index contributed by atoms with van der Waals surface area (Å²) in [7, 11) is 0. The third-order valence-corrected chi connectivity index (χ3v) is 3.76. The molecule has 0 aliphatic carbocycles. The van der Waals surface area contributed by atoms with E-state index in [1.54, 1.807) is 16.8 Å². The Hall–Kier alpha value is -1.96. The first-order valence-electron chi connectivity index (χ1n) is 6.22. The van der Waals surface area contributed by atoms with Gasteiger partial charge in [-0.25, -0.2) is 4.39 Å². The molecule has 5 nitrogen and oxygen atoms in total. The van der Waals surface area contributed by atoms with Gasteiger partial charge in [0.25, 0.3) is 0 Å². The normalized spacial score (nSPS) is 11.8. The van der Waals surface area contributed by atoms with Crippen molar-refractivity contribution >= 4 is 40.4 Å². The molecule has 0 fully saturated rings. The van der Waals surface area contributed by atoms with Crippen LogP contribution in [0.4, 0.5) is 10.1 Å². The number of hydrogen-bond donors (Lipinski definition) is 3. The fourth-order valence-corrected chi connectivity index (χ4v) is 2.34. The van der Waals surface area contributed by atoms with E-state index in [0.717, 1.165) is 6.07 Å². The van der Waals surface area contributed by atoms with Crippen LogP contribution < -0.4 is 10.6 Å². The Morgan fingerprint density at radius 2 is 2.09 bits per heavy atom. The van der Waals surface area contributed by atoms with Gasteiger partial charge in [-0.05, 0) is 29.1 Å². The number of carbonyl (C=O) groups excluding carboxylic acids is 2. The van der Waals surface area contributed by atoms with Gasteiger partial charge in [0.05, 0.1) is 16.8 Å². The van der Waals surface area contributed by atoms with Gasteiger partial charge in [-0.15, -0.1) is 0 Å². The number of halogens is 2. The first-order valence-corrected chi connectivity index (χ1v) is 7.54. The van der Waals surface area contributed by atoms with Crippen molar-refractivity contribution in [2.24, 2.45) is 0 Å². The van der Waals surface area contributed by atoms with Crippen LogP contribution in [-0.4, -0.2) is 23.5 Å². The van der Waals surface area contributed by atoms with Gasteiger partial charge in [0, 0.05) is 11.9 Å². The number of carbonyl (C=O) groups is 2. The first-order chi connectivity index (χ1) is 10.5. The molecular weight excluding hydrogens is 331 g/mol. The summed E-state index contributed by atoms with van der Waals surface area (Å²) >= 11 is 6.92. The Morgan fingerprint density at radius 1 is 1.32 bits per heavy atom. The zero-order valence-electron chi connectivity index (χ0n) is 11.2. The van der Waals surface area contributed by atoms with E-state index in [-0.39, 0.29) is 17.1 Å². The summed E-state index contributed by atoms with van der Waals surface area (Å²) in [6, 6.07) is 5.47. The maximum Gasteiger partial charge on any atom is 0.313 e. The molecule has 0 aliphatic heterocycles. The Balaban J connectivity index is 1.87. The minimum atomic E-state index is -1.15. The van der Waals surface area contributed by atoms with E-state index < -0.39 is 23.7 Å². The van der Waals surface area contributed by atoms with Crippen LogP contribution in [0.5, 0.6) is 0 Å². The number of aliphatic hydroxyl groups excluding tert-OH is 1. The van der Waals surface area contributed by atoms with Crippen molar-refractivity contribution in [2.75, 3.05) is 11.9 Å². The molecule has 1 unspecified atom stereocenters. The summed E-state index contributed by atoms with van der Waals surface area (Å²) in [5, 5.41) is 17.9. The lowest BCUT2D eigenvalue weighted by molar-refractivity contribution is -0.136. The maximum absolute atomic E-state index is 13.3. The zero-order valence-corrected chi connectivity index (χ0v) is 12.7. The number of hydrogen-bond acceptors (Lipinski definition) is 4. The van der Waals surface area contributed by atoms with Crippen molar-refractivity contribution in [2.45, 2.75) is 6.10 Å². The van der Waals surface area contributed by atoms with Crippen molar-refractivity contribution in [3.05, 3.63) is 51.4 Å². The molecule has 0 aliphatic rings. The van der Waals surface area contributed by atoms with Crippen LogP contribution in [0.1, 0.15) is 11.7 Å². The molecule has 1 atom stereocenters. The van der Waals surface area contributed by atoms with Crippen LogP contribution in [-0.2, 0) is 9.59 Å². The van der Waals surface area contributed by atoms with E-state index >= 15 is 0 Å². The molecule has 8 heteroatoms. The molecule has 0 radical (unpaired) electrons. The highest BCUT2D eigenvalue weighted by Crippen LogP contribution is 2.19. The predicted molar refractivity (Wildman–Crippen MR) is 82.3 cm³/mol. The van der Waals surface area contributed by atoms with Crippen LogP contribution in [0.2, 0.25) is 5.02 Å². The van der Waals surface area contributed by atoms with Gasteiger partial charge in [-0.2, -0.15) is 11.3 Å². The van der Waals surface area contributed by atoms with Gasteiger partial charge in [0.15, 0.2) is 0 Å². The van der Waals surface area contributed by atoms with Crippen LogP contribution in [0, 0.1) is 5.82 Å². The fraction of sp³-hybridized carbons (Fsp3) is 0.143. The summed E-state index contributed by atoms with van der Waals surface area (Å²) in [5.74, 6) is -2.40. The molecule has 0 spiro atoms. The van der Waals surface area contributed by atoms with E-state index in [0.29, 0.717) is 5.69 Å². The standard InChI is InChI=1S/C14H12ClFN2O3S/c15-10-2-1-8(5-11(10)16)12(19)6-17-13(20)14(21)18-9-3-4-22-7-9/h1-5,7,12,19H,6H2,(H,17,20)(H,18,21). The minimum Gasteiger partial charge on any atom is -0.387 e. The third kappa shape index (κ3) is 4.27. The molecule has 0 saturated heterocycles. The van der Waals surface area contributed by atoms with Crippen LogP contribution >= 0.6 is 22.9 Å². The van der Waals surface area contributed by atoms with Gasteiger partial charge in [0.1, 0.15) is 5.82 Å². The molecule has 2 rings (SSSR count). The second-order valence-electron chi connectivity index (χ2n) is 4.37. The Morgan fingerprint density at radius 3 is 2.73 bits per heavy atom. The number of aliphatic hydroxyl groups is 1. The zero-order chi connectivity index (χ0) is 16.1. The topological polar surface area (TPSA) is 78.4 Å². The summed E-state index contributed by atoms with van der Waals surface area (Å²) < 4.78 is 13.3. The van der Waals surface area contributed by atoms with Crippen molar-refractivity contribution in [1.82, 2.24) is 5.32 Å². The average Bonchev–Trinajstić information content (AvgIpc) is 3.00. The second-order valence-corrected chi connectivity index (χ2v) is 5.55. The summed E-state index contributed by atoms with van der Waals surface area (Å²) in [6.07, 6.45) is -1.15. The quantitative estimate of drug-likeness (QED) is 0.746. The van der Waals surface area contributed by atoms with Crippen molar-refractivity contribution in [3.63, 3.8) is 0 Å². The highest BCUT2D eigenvalue weighted by atomic mass is 35.5. The highest BCUT2D eigenvalue weighted by molar-refractivity contribution is 7.08. The van der Waals surface area contributed by atoms with Crippen LogP contribution in [0.3, 0.4) is 0 Å². The fourth-order valence-electron chi connectivity index (χ4n) is 1.63. The molecule has 1 aromatic carbocycles. The SMILES string of the molecule is O=C(NCC(O)c1ccc(Cl)c(F)c1)C(=O)Nc1ccsc1. The molecule has 116 valence electrons. The lowest BCUT2D eigenvalue weighted by atomic mass is 10.1. The molecule has 22 heavy (non-hydrogen) atoms. The monoisotopic (exact) mass is 342 g/mol. The number of thiophene rings is 1. The third-order valence-electron chi connectivity index (χ3n) is 2.77. The summed E-state index contributed by atoms with van der Waals surface area (Å²) in [5.41, 5.74) is 0.769. The van der Waals surface area contributed by atoms with E-state index in [1.807, 2.05) is 0 Å². The number of benzene rings is 1. The number of rotatable bonds is 4. The molecule has 0 bridgehead atoms. The van der Waals surface area contributed by atoms with Crippen LogP contribution in [0.15, 0.2) is 35.0 Å². The second kappa shape index (κ2) is 7.35. The number of amides is 2. The minimum absolute atomic E-state index is 0.0601. The largest absolute Gasteiger partial charge is 0.387 e. The molecular formula is C14H12ClFN2O3S. The maximum atomic E-state index is 13.3.